The zero-order valence-electron chi connectivity index (χ0n) is 10.9. The zero-order chi connectivity index (χ0) is 14.7. The van der Waals surface area contributed by atoms with Crippen molar-refractivity contribution in [2.24, 2.45) is 0 Å². The van der Waals surface area contributed by atoms with Crippen LogP contribution < -0.4 is 10.1 Å². The predicted octanol–water partition coefficient (Wildman–Crippen LogP) is 1.92. The number of nitrogens with one attached hydrogen (secondary N) is 1. The highest BCUT2D eigenvalue weighted by molar-refractivity contribution is 7.92. The molecule has 0 aromatic carbocycles. The second-order valence-electron chi connectivity index (χ2n) is 4.64. The van der Waals surface area contributed by atoms with Crippen LogP contribution in [0.2, 0.25) is 0 Å². The molecule has 5 nitrogen and oxygen atoms in total. The van der Waals surface area contributed by atoms with Gasteiger partial charge in [-0.1, -0.05) is 0 Å². The van der Waals surface area contributed by atoms with Crippen molar-refractivity contribution < 1.29 is 21.9 Å². The van der Waals surface area contributed by atoms with Crippen molar-refractivity contribution >= 4 is 15.7 Å². The number of halogens is 2. The number of rotatable bonds is 6. The van der Waals surface area contributed by atoms with Crippen LogP contribution in [0.1, 0.15) is 13.8 Å². The molecule has 0 unspecified atom stereocenters. The van der Waals surface area contributed by atoms with E-state index in [4.69, 9.17) is 0 Å². The van der Waals surface area contributed by atoms with Crippen LogP contribution in [0.15, 0.2) is 18.3 Å². The van der Waals surface area contributed by atoms with Crippen molar-refractivity contribution in [1.29, 1.82) is 0 Å². The molecule has 0 bridgehead atoms. The Labute approximate surface area is 110 Å². The lowest BCUT2D eigenvalue weighted by atomic mass is 10.2. The van der Waals surface area contributed by atoms with Crippen LogP contribution in [0.4, 0.5) is 14.6 Å². The first kappa shape index (κ1) is 15.6. The van der Waals surface area contributed by atoms with Gasteiger partial charge in [0, 0.05) is 12.8 Å². The molecule has 1 aromatic rings. The molecule has 0 saturated carbocycles. The molecule has 108 valence electrons. The summed E-state index contributed by atoms with van der Waals surface area (Å²) in [6, 6.07) is 2.77. The minimum atomic E-state index is -3.21. The first-order chi connectivity index (χ1) is 8.62. The average molecular weight is 294 g/mol. The zero-order valence-corrected chi connectivity index (χ0v) is 11.7. The van der Waals surface area contributed by atoms with Crippen molar-refractivity contribution in [2.75, 3.05) is 18.1 Å². The molecule has 8 heteroatoms. The van der Waals surface area contributed by atoms with Crippen LogP contribution in [0.3, 0.4) is 0 Å². The van der Waals surface area contributed by atoms with Crippen LogP contribution in [0.25, 0.3) is 0 Å². The summed E-state index contributed by atoms with van der Waals surface area (Å²) in [4.78, 5) is 3.85. The molecule has 0 aliphatic heterocycles. The number of hydrogen-bond donors (Lipinski definition) is 1. The highest BCUT2D eigenvalue weighted by Crippen LogP contribution is 2.18. The predicted molar refractivity (Wildman–Crippen MR) is 68.3 cm³/mol. The van der Waals surface area contributed by atoms with Gasteiger partial charge in [-0.05, 0) is 26.0 Å². The van der Waals surface area contributed by atoms with Crippen LogP contribution in [-0.4, -0.2) is 37.6 Å². The van der Waals surface area contributed by atoms with E-state index >= 15 is 0 Å². The van der Waals surface area contributed by atoms with E-state index in [1.54, 1.807) is 13.8 Å². The molecular formula is C11H16F2N2O3S. The molecule has 1 heterocycles. The Morgan fingerprint density at radius 3 is 2.47 bits per heavy atom. The number of sulfone groups is 1. The van der Waals surface area contributed by atoms with Gasteiger partial charge in [0.25, 0.3) is 0 Å². The van der Waals surface area contributed by atoms with E-state index in [0.717, 1.165) is 12.5 Å². The third kappa shape index (κ3) is 4.62. The van der Waals surface area contributed by atoms with Gasteiger partial charge in [-0.15, -0.1) is 0 Å². The van der Waals surface area contributed by atoms with E-state index in [-0.39, 0.29) is 12.3 Å². The standard InChI is InChI=1S/C11H16F2N2O3S/c1-11(2,19(3,16)17)7-15-9-5-4-8(6-14-9)18-10(12)13/h4-6,10H,7H2,1-3H3,(H,14,15). The van der Waals surface area contributed by atoms with Crippen molar-refractivity contribution in [3.05, 3.63) is 18.3 Å². The van der Waals surface area contributed by atoms with E-state index in [9.17, 15) is 17.2 Å². The van der Waals surface area contributed by atoms with Crippen LogP contribution in [0, 0.1) is 0 Å². The van der Waals surface area contributed by atoms with Crippen LogP contribution in [-0.2, 0) is 9.84 Å². The van der Waals surface area contributed by atoms with Gasteiger partial charge >= 0.3 is 6.61 Å². The Kier molecular flexibility index (Phi) is 4.67. The highest BCUT2D eigenvalue weighted by atomic mass is 32.2. The van der Waals surface area contributed by atoms with E-state index in [2.05, 4.69) is 15.0 Å². The fourth-order valence-electron chi connectivity index (χ4n) is 1.09. The maximum atomic E-state index is 11.9. The normalized spacial score (nSPS) is 12.5. The fraction of sp³-hybridized carbons (Fsp3) is 0.545. The van der Waals surface area contributed by atoms with Gasteiger partial charge in [0.05, 0.1) is 10.9 Å². The van der Waals surface area contributed by atoms with Crippen LogP contribution in [0.5, 0.6) is 5.75 Å². The molecule has 19 heavy (non-hydrogen) atoms. The second kappa shape index (κ2) is 5.68. The number of ether oxygens (including phenoxy) is 1. The van der Waals surface area contributed by atoms with Gasteiger partial charge in [-0.2, -0.15) is 8.78 Å². The van der Waals surface area contributed by atoms with Crippen molar-refractivity contribution in [2.45, 2.75) is 25.2 Å². The molecule has 1 rings (SSSR count). The lowest BCUT2D eigenvalue weighted by Gasteiger charge is -2.23. The molecule has 0 amide bonds. The molecule has 0 aliphatic rings. The van der Waals surface area contributed by atoms with Crippen molar-refractivity contribution in [1.82, 2.24) is 4.98 Å². The number of anilines is 1. The Hall–Kier alpha value is -1.44. The maximum Gasteiger partial charge on any atom is 0.387 e. The molecule has 0 aliphatic carbocycles. The second-order valence-corrected chi connectivity index (χ2v) is 7.29. The summed E-state index contributed by atoms with van der Waals surface area (Å²) in [5.41, 5.74) is 0. The Balaban J connectivity index is 2.65. The van der Waals surface area contributed by atoms with Gasteiger partial charge in [-0.25, -0.2) is 13.4 Å². The third-order valence-electron chi connectivity index (χ3n) is 2.66. The number of aromatic nitrogens is 1. The lowest BCUT2D eigenvalue weighted by molar-refractivity contribution is -0.0500. The summed E-state index contributed by atoms with van der Waals surface area (Å²) in [6.07, 6.45) is 2.30. The Morgan fingerprint density at radius 2 is 2.05 bits per heavy atom. The molecule has 1 aromatic heterocycles. The lowest BCUT2D eigenvalue weighted by Crippen LogP contribution is -2.38. The van der Waals surface area contributed by atoms with E-state index in [0.29, 0.717) is 5.82 Å². The summed E-state index contributed by atoms with van der Waals surface area (Å²) in [7, 11) is -3.21. The van der Waals surface area contributed by atoms with Gasteiger partial charge in [0.1, 0.15) is 11.6 Å². The summed E-state index contributed by atoms with van der Waals surface area (Å²) >= 11 is 0. The molecule has 0 fully saturated rings. The first-order valence-electron chi connectivity index (χ1n) is 5.46. The first-order valence-corrected chi connectivity index (χ1v) is 7.35. The fourth-order valence-corrected chi connectivity index (χ4v) is 1.43. The molecular weight excluding hydrogens is 278 g/mol. The Morgan fingerprint density at radius 1 is 1.42 bits per heavy atom. The topological polar surface area (TPSA) is 68.3 Å². The van der Waals surface area contributed by atoms with Crippen molar-refractivity contribution in [3.63, 3.8) is 0 Å². The molecule has 0 radical (unpaired) electrons. The third-order valence-corrected chi connectivity index (χ3v) is 4.81. The number of hydrogen-bond acceptors (Lipinski definition) is 5. The quantitative estimate of drug-likeness (QED) is 0.868. The minimum absolute atomic E-state index is 0.0528. The van der Waals surface area contributed by atoms with Gasteiger partial charge in [0.15, 0.2) is 9.84 Å². The molecule has 0 spiro atoms. The number of nitrogens with zero attached hydrogens (tertiary/aromatic N) is 1. The molecule has 1 N–H and O–H groups in total. The van der Waals surface area contributed by atoms with E-state index in [1.807, 2.05) is 0 Å². The van der Waals surface area contributed by atoms with Gasteiger partial charge in [-0.3, -0.25) is 0 Å². The van der Waals surface area contributed by atoms with E-state index < -0.39 is 21.2 Å². The average Bonchev–Trinajstić information content (AvgIpc) is 2.26. The van der Waals surface area contributed by atoms with Crippen LogP contribution >= 0.6 is 0 Å². The summed E-state index contributed by atoms with van der Waals surface area (Å²) in [5.74, 6) is 0.335. The maximum absolute atomic E-state index is 11.9. The van der Waals surface area contributed by atoms with Crippen molar-refractivity contribution in [3.8, 4) is 5.75 Å². The smallest absolute Gasteiger partial charge is 0.387 e. The summed E-state index contributed by atoms with van der Waals surface area (Å²) < 4.78 is 50.0. The number of alkyl halides is 2. The summed E-state index contributed by atoms with van der Waals surface area (Å²) in [6.45, 7) is 0.436. The van der Waals surface area contributed by atoms with Gasteiger partial charge in [0.2, 0.25) is 0 Å². The van der Waals surface area contributed by atoms with E-state index in [1.165, 1.54) is 12.1 Å². The summed E-state index contributed by atoms with van der Waals surface area (Å²) in [5, 5.41) is 2.84. The highest BCUT2D eigenvalue weighted by Gasteiger charge is 2.29. The molecule has 0 atom stereocenters. The molecule has 0 saturated heterocycles. The van der Waals surface area contributed by atoms with Gasteiger partial charge < -0.3 is 10.1 Å². The Bertz CT molecular complexity index is 515. The monoisotopic (exact) mass is 294 g/mol. The minimum Gasteiger partial charge on any atom is -0.433 e. The largest absolute Gasteiger partial charge is 0.433 e. The number of pyridine rings is 1. The SMILES string of the molecule is CC(C)(CNc1ccc(OC(F)F)cn1)S(C)(=O)=O.